The molecule has 328 valence electrons. The Morgan fingerprint density at radius 2 is 1.36 bits per heavy atom. The van der Waals surface area contributed by atoms with E-state index in [9.17, 15) is 79.5 Å². The van der Waals surface area contributed by atoms with Gasteiger partial charge in [0.1, 0.15) is 54.3 Å². The number of aliphatic hydroxyl groups is 8. The summed E-state index contributed by atoms with van der Waals surface area (Å²) >= 11 is 0. The summed E-state index contributed by atoms with van der Waals surface area (Å²) in [4.78, 5) is 96.3. The van der Waals surface area contributed by atoms with Crippen molar-refractivity contribution >= 4 is 41.4 Å². The van der Waals surface area contributed by atoms with Crippen molar-refractivity contribution in [3.05, 3.63) is 29.8 Å². The number of carbonyl (C=O) groups excluding carboxylic acids is 7. The minimum absolute atomic E-state index is 0.107. The van der Waals surface area contributed by atoms with Gasteiger partial charge in [0.05, 0.1) is 36.9 Å². The van der Waals surface area contributed by atoms with Gasteiger partial charge in [-0.15, -0.1) is 0 Å². The van der Waals surface area contributed by atoms with Crippen LogP contribution in [0.4, 0.5) is 0 Å². The molecule has 15 unspecified atom stereocenters. The number of aliphatic hydroxyl groups excluding tert-OH is 8. The average molecular weight is 841 g/mol. The minimum atomic E-state index is -2.34. The predicted molar refractivity (Wildman–Crippen MR) is 196 cm³/mol. The van der Waals surface area contributed by atoms with Crippen LogP contribution in [0.3, 0.4) is 0 Å². The maximum absolute atomic E-state index is 14.2. The third kappa shape index (κ3) is 10.8. The number of nitrogens with zero attached hydrogens (tertiary/aromatic N) is 2. The van der Waals surface area contributed by atoms with Crippen molar-refractivity contribution in [1.82, 2.24) is 31.1 Å². The molecule has 1 aromatic rings. The number of phenols is 1. The molecule has 0 aromatic heterocycles. The summed E-state index contributed by atoms with van der Waals surface area (Å²) in [7, 11) is 0. The predicted octanol–water partition coefficient (Wildman–Crippen LogP) is -8.45. The molecule has 1 aromatic carbocycles. The highest BCUT2D eigenvalue weighted by atomic mass is 16.3. The highest BCUT2D eigenvalue weighted by Gasteiger charge is 2.50. The van der Waals surface area contributed by atoms with Crippen LogP contribution < -0.4 is 32.7 Å². The Morgan fingerprint density at radius 1 is 0.780 bits per heavy atom. The summed E-state index contributed by atoms with van der Waals surface area (Å²) in [5.41, 5.74) is 11.1. The highest BCUT2D eigenvalue weighted by molar-refractivity contribution is 5.98. The number of rotatable bonds is 7. The number of carbonyl (C=O) groups is 7. The van der Waals surface area contributed by atoms with Gasteiger partial charge in [0.2, 0.25) is 41.4 Å². The quantitative estimate of drug-likeness (QED) is 0.121. The van der Waals surface area contributed by atoms with Gasteiger partial charge in [0.15, 0.2) is 6.23 Å². The molecule has 59 heavy (non-hydrogen) atoms. The van der Waals surface area contributed by atoms with Crippen molar-refractivity contribution in [3.63, 3.8) is 0 Å². The fraction of sp³-hybridized carbons (Fsp3) is 0.629. The molecule has 0 spiro atoms. The Labute approximate surface area is 336 Å². The first-order chi connectivity index (χ1) is 27.5. The van der Waals surface area contributed by atoms with Gasteiger partial charge in [-0.1, -0.05) is 19.1 Å². The van der Waals surface area contributed by atoms with E-state index < -0.39 is 165 Å². The monoisotopic (exact) mass is 840 g/mol. The van der Waals surface area contributed by atoms with Gasteiger partial charge in [-0.05, 0) is 24.6 Å². The zero-order valence-corrected chi connectivity index (χ0v) is 31.9. The van der Waals surface area contributed by atoms with Crippen molar-refractivity contribution < 1.29 is 79.5 Å². The molecule has 24 heteroatoms. The van der Waals surface area contributed by atoms with E-state index in [1.165, 1.54) is 6.92 Å². The van der Waals surface area contributed by atoms with E-state index in [0.29, 0.717) is 4.90 Å². The number of fused-ring (bicyclic) bond motifs is 2. The Morgan fingerprint density at radius 3 is 1.95 bits per heavy atom. The molecule has 15 atom stereocenters. The number of nitrogens with two attached hydrogens (primary N) is 2. The lowest BCUT2D eigenvalue weighted by atomic mass is 9.96. The van der Waals surface area contributed by atoms with Crippen molar-refractivity contribution in [3.8, 4) is 5.75 Å². The molecule has 0 bridgehead atoms. The Balaban J connectivity index is 1.85. The lowest BCUT2D eigenvalue weighted by Crippen LogP contribution is -2.64. The molecule has 3 aliphatic heterocycles. The number of nitrogens with one attached hydrogen (secondary N) is 4. The van der Waals surface area contributed by atoms with E-state index in [1.54, 1.807) is 0 Å². The smallest absolute Gasteiger partial charge is 0.248 e. The fourth-order valence-electron chi connectivity index (χ4n) is 7.18. The van der Waals surface area contributed by atoms with Crippen molar-refractivity contribution in [2.75, 3.05) is 13.1 Å². The number of aromatic hydroxyl groups is 1. The summed E-state index contributed by atoms with van der Waals surface area (Å²) in [6, 6.07) is -7.12. The summed E-state index contributed by atoms with van der Waals surface area (Å²) in [5.74, 6) is -9.98. The summed E-state index contributed by atoms with van der Waals surface area (Å²) in [6.07, 6.45) is -17.8. The highest BCUT2D eigenvalue weighted by Crippen LogP contribution is 2.27. The molecule has 0 aliphatic carbocycles. The lowest BCUT2D eigenvalue weighted by Gasteiger charge is -2.34. The van der Waals surface area contributed by atoms with Crippen LogP contribution in [0.15, 0.2) is 24.3 Å². The number of phenolic OH excluding ortho intramolecular Hbond substituents is 1. The summed E-state index contributed by atoms with van der Waals surface area (Å²) < 4.78 is 0. The molecule has 3 heterocycles. The van der Waals surface area contributed by atoms with Crippen LogP contribution in [0.25, 0.3) is 0 Å². The molecule has 3 fully saturated rings. The van der Waals surface area contributed by atoms with Crippen LogP contribution in [0.2, 0.25) is 0 Å². The van der Waals surface area contributed by atoms with Crippen LogP contribution in [0.5, 0.6) is 5.75 Å². The number of amides is 7. The summed E-state index contributed by atoms with van der Waals surface area (Å²) in [5, 5.41) is 105. The van der Waals surface area contributed by atoms with E-state index in [0.717, 1.165) is 36.1 Å². The standard InChI is InChI=1S/C35H52N8O16/c1-12-10-43-25(26(12)50)33(57)41-31(55)20(48)8-17(36)29(53)38-22(13(2)44)34(58)42-11-16(46)7-18(42)30(54)40-24(28(52)27(51)14-3-5-15(45)6-4-14)32(56)39-23(35(43)59)19(47)9-21(37)49/h3-6,12-13,16-20,22-28,31,44-48,50-52,55H,7-11,36H2,1-2H3,(H2,37,49)(H,38,53)(H,39,56)(H,40,54)(H,41,57). The second kappa shape index (κ2) is 19.3. The molecule has 7 amide bonds. The van der Waals surface area contributed by atoms with Gasteiger partial charge in [0.25, 0.3) is 0 Å². The van der Waals surface area contributed by atoms with E-state index in [1.807, 2.05) is 5.32 Å². The Bertz CT molecular complexity index is 1740. The molecule has 17 N–H and O–H groups in total. The molecule has 24 nitrogen and oxygen atoms in total. The van der Waals surface area contributed by atoms with Gasteiger partial charge in [0, 0.05) is 31.8 Å². The third-order valence-corrected chi connectivity index (χ3v) is 10.5. The van der Waals surface area contributed by atoms with Crippen LogP contribution in [-0.2, 0) is 33.6 Å². The van der Waals surface area contributed by atoms with Crippen LogP contribution >= 0.6 is 0 Å². The van der Waals surface area contributed by atoms with E-state index in [2.05, 4.69) is 16.0 Å². The fourth-order valence-corrected chi connectivity index (χ4v) is 7.18. The van der Waals surface area contributed by atoms with Crippen LogP contribution in [0, 0.1) is 5.92 Å². The first-order valence-corrected chi connectivity index (χ1v) is 18.6. The molecule has 4 rings (SSSR count). The van der Waals surface area contributed by atoms with Gasteiger partial charge in [-0.2, -0.15) is 0 Å². The first kappa shape index (κ1) is 46.6. The van der Waals surface area contributed by atoms with Gasteiger partial charge in [-0.25, -0.2) is 0 Å². The normalized spacial score (nSPS) is 33.9. The van der Waals surface area contributed by atoms with Crippen LogP contribution in [-0.4, -0.2) is 189 Å². The minimum Gasteiger partial charge on any atom is -0.508 e. The van der Waals surface area contributed by atoms with Gasteiger partial charge >= 0.3 is 0 Å². The second-order valence-corrected chi connectivity index (χ2v) is 15.1. The van der Waals surface area contributed by atoms with Gasteiger partial charge in [-0.3, -0.25) is 33.6 Å². The maximum Gasteiger partial charge on any atom is 0.248 e. The average Bonchev–Trinajstić information content (AvgIpc) is 3.71. The molecule has 0 saturated carbocycles. The third-order valence-electron chi connectivity index (χ3n) is 10.5. The zero-order chi connectivity index (χ0) is 44.2. The lowest BCUT2D eigenvalue weighted by molar-refractivity contribution is -0.149. The molecule has 3 saturated heterocycles. The number of hydrogen-bond acceptors (Lipinski definition) is 17. The van der Waals surface area contributed by atoms with E-state index >= 15 is 0 Å². The molecular formula is C35H52N8O16. The van der Waals surface area contributed by atoms with Crippen LogP contribution in [0.1, 0.15) is 44.8 Å². The molecular weight excluding hydrogens is 788 g/mol. The Kier molecular flexibility index (Phi) is 15.3. The zero-order valence-electron chi connectivity index (χ0n) is 31.9. The van der Waals surface area contributed by atoms with Crippen molar-refractivity contribution in [1.29, 1.82) is 0 Å². The largest absolute Gasteiger partial charge is 0.508 e. The number of benzene rings is 1. The summed E-state index contributed by atoms with van der Waals surface area (Å²) in [6.45, 7) is 1.52. The van der Waals surface area contributed by atoms with E-state index in [4.69, 9.17) is 11.5 Å². The molecule has 0 radical (unpaired) electrons. The Hall–Kier alpha value is -5.05. The topological polar surface area (TPSA) is 408 Å². The van der Waals surface area contributed by atoms with Crippen molar-refractivity contribution in [2.24, 2.45) is 17.4 Å². The van der Waals surface area contributed by atoms with E-state index in [-0.39, 0.29) is 11.3 Å². The number of primary amides is 1. The second-order valence-electron chi connectivity index (χ2n) is 15.1. The first-order valence-electron chi connectivity index (χ1n) is 18.6. The van der Waals surface area contributed by atoms with Gasteiger partial charge < -0.3 is 88.5 Å². The maximum atomic E-state index is 14.2. The molecule has 3 aliphatic rings. The SMILES string of the molecule is CC(O)C1NC(=O)C(N)CC(O)C(O)NC(=O)C2C(O)C(C)CN2C(=O)C(C(O)CC(N)=O)NC(=O)C(C(O)C(O)c2ccc(O)cc2)NC(=O)C2CC(O)CN2C1=O. The number of hydrogen-bond donors (Lipinski definition) is 15. The van der Waals surface area contributed by atoms with Crippen molar-refractivity contribution in [2.45, 2.75) is 118 Å².